The van der Waals surface area contributed by atoms with Gasteiger partial charge in [0, 0.05) is 19.1 Å². The zero-order valence-corrected chi connectivity index (χ0v) is 11.8. The molecule has 110 valence electrons. The molecule has 0 radical (unpaired) electrons. The van der Waals surface area contributed by atoms with Crippen LogP contribution in [-0.4, -0.2) is 50.9 Å². The van der Waals surface area contributed by atoms with E-state index in [-0.39, 0.29) is 13.1 Å². The number of nitrogens with two attached hydrogens (primary N) is 1. The Hall–Kier alpha value is -0.740. The molecule has 1 heterocycles. The van der Waals surface area contributed by atoms with Gasteiger partial charge < -0.3 is 5.11 Å². The average molecular weight is 311 g/mol. The summed E-state index contributed by atoms with van der Waals surface area (Å²) in [6, 6.07) is -0.559. The Labute approximate surface area is 112 Å². The van der Waals surface area contributed by atoms with Crippen LogP contribution in [0.15, 0.2) is 17.7 Å². The van der Waals surface area contributed by atoms with Gasteiger partial charge in [-0.3, -0.25) is 5.73 Å². The molecular formula is C9H17N3O5S2. The number of hydrogen-bond acceptors (Lipinski definition) is 6. The summed E-state index contributed by atoms with van der Waals surface area (Å²) in [5, 5.41) is 9.82. The summed E-state index contributed by atoms with van der Waals surface area (Å²) < 4.78 is 49.5. The first-order valence-electron chi connectivity index (χ1n) is 5.50. The highest BCUT2D eigenvalue weighted by Gasteiger charge is 2.37. The normalized spacial score (nSPS) is 22.9. The molecule has 1 unspecified atom stereocenters. The molecule has 4 N–H and O–H groups in total. The van der Waals surface area contributed by atoms with E-state index in [1.165, 1.54) is 0 Å². The van der Waals surface area contributed by atoms with Crippen molar-refractivity contribution < 1.29 is 21.9 Å². The fourth-order valence-corrected chi connectivity index (χ4v) is 3.83. The molecule has 19 heavy (non-hydrogen) atoms. The summed E-state index contributed by atoms with van der Waals surface area (Å²) in [6.07, 6.45) is 1.07. The van der Waals surface area contributed by atoms with Crippen molar-refractivity contribution >= 4 is 20.0 Å². The minimum Gasteiger partial charge on any atom is -0.364 e. The van der Waals surface area contributed by atoms with E-state index in [4.69, 9.17) is 10.8 Å². The largest absolute Gasteiger partial charge is 0.364 e. The number of aliphatic hydroxyl groups excluding tert-OH is 1. The van der Waals surface area contributed by atoms with Crippen LogP contribution in [0.4, 0.5) is 0 Å². The van der Waals surface area contributed by atoms with Gasteiger partial charge in [0.2, 0.25) is 15.6 Å². The van der Waals surface area contributed by atoms with Crippen LogP contribution in [0.2, 0.25) is 0 Å². The Morgan fingerprint density at radius 2 is 2.16 bits per heavy atom. The fourth-order valence-electron chi connectivity index (χ4n) is 1.85. The van der Waals surface area contributed by atoms with Crippen LogP contribution in [0, 0.1) is 0 Å². The number of sulfonamides is 2. The van der Waals surface area contributed by atoms with Gasteiger partial charge in [0.1, 0.15) is 0 Å². The van der Waals surface area contributed by atoms with Crippen molar-refractivity contribution in [2.24, 2.45) is 5.73 Å². The standard InChI is InChI=1S/C9H17N3O5S2/c1-2-6-18(14,15)11-7-8-4-3-5-12(8)19(16,17)9(10)13/h6,8-9,11,13H,1,3-5,7,10H2/t8-,9?/m1/s1. The highest BCUT2D eigenvalue weighted by molar-refractivity contribution is 7.92. The minimum absolute atomic E-state index is 0.0908. The Morgan fingerprint density at radius 1 is 1.53 bits per heavy atom. The zero-order valence-electron chi connectivity index (χ0n) is 10.2. The van der Waals surface area contributed by atoms with Gasteiger partial charge in [-0.2, -0.15) is 4.31 Å². The van der Waals surface area contributed by atoms with Crippen molar-refractivity contribution in [1.29, 1.82) is 0 Å². The Bertz CT molecular complexity index is 563. The van der Waals surface area contributed by atoms with E-state index in [2.05, 4.69) is 17.0 Å². The van der Waals surface area contributed by atoms with Gasteiger partial charge in [-0.05, 0) is 12.8 Å². The molecule has 0 spiro atoms. The second kappa shape index (κ2) is 6.14. The first-order chi connectivity index (χ1) is 8.70. The molecule has 0 aromatic carbocycles. The summed E-state index contributed by atoms with van der Waals surface area (Å²) in [5.41, 5.74) is 5.13. The lowest BCUT2D eigenvalue weighted by molar-refractivity contribution is 0.238. The van der Waals surface area contributed by atoms with E-state index < -0.39 is 31.6 Å². The molecule has 1 saturated heterocycles. The lowest BCUT2D eigenvalue weighted by atomic mass is 10.2. The molecule has 0 saturated carbocycles. The lowest BCUT2D eigenvalue weighted by Gasteiger charge is -2.25. The predicted octanol–water partition coefficient (Wildman–Crippen LogP) is -1.77. The highest BCUT2D eigenvalue weighted by Crippen LogP contribution is 2.21. The van der Waals surface area contributed by atoms with Gasteiger partial charge >= 0.3 is 0 Å². The van der Waals surface area contributed by atoms with Crippen LogP contribution >= 0.6 is 0 Å². The van der Waals surface area contributed by atoms with E-state index in [1.54, 1.807) is 0 Å². The molecule has 0 aromatic heterocycles. The van der Waals surface area contributed by atoms with Crippen molar-refractivity contribution in [2.45, 2.75) is 24.4 Å². The van der Waals surface area contributed by atoms with E-state index in [0.29, 0.717) is 12.8 Å². The maximum atomic E-state index is 11.7. The second-order valence-corrected chi connectivity index (χ2v) is 7.65. The average Bonchev–Trinajstić information content (AvgIpc) is 2.75. The third-order valence-corrected chi connectivity index (χ3v) is 5.50. The van der Waals surface area contributed by atoms with Crippen molar-refractivity contribution in [3.63, 3.8) is 0 Å². The number of hydrogen-bond donors (Lipinski definition) is 3. The highest BCUT2D eigenvalue weighted by atomic mass is 32.2. The number of nitrogens with one attached hydrogen (secondary N) is 1. The van der Waals surface area contributed by atoms with Crippen molar-refractivity contribution in [1.82, 2.24) is 9.03 Å². The fraction of sp³-hybridized carbons (Fsp3) is 0.667. The summed E-state index contributed by atoms with van der Waals surface area (Å²) in [7, 11) is -7.68. The monoisotopic (exact) mass is 311 g/mol. The smallest absolute Gasteiger partial charge is 0.255 e. The lowest BCUT2D eigenvalue weighted by Crippen LogP contribution is -2.48. The Kier molecular flexibility index (Phi) is 5.27. The summed E-state index contributed by atoms with van der Waals surface area (Å²) in [6.45, 7) is 3.27. The second-order valence-electron chi connectivity index (χ2n) is 4.06. The summed E-state index contributed by atoms with van der Waals surface area (Å²) in [5.74, 6) is 0. The quantitative estimate of drug-likeness (QED) is 0.393. The molecule has 1 aliphatic rings. The SMILES string of the molecule is C=C=CS(=O)(=O)NC[C@H]1CCCN1S(=O)(=O)C(N)O. The van der Waals surface area contributed by atoms with Crippen LogP contribution < -0.4 is 10.5 Å². The van der Waals surface area contributed by atoms with E-state index in [1.807, 2.05) is 0 Å². The van der Waals surface area contributed by atoms with Crippen molar-refractivity contribution in [2.75, 3.05) is 13.1 Å². The van der Waals surface area contributed by atoms with E-state index in [9.17, 15) is 16.8 Å². The van der Waals surface area contributed by atoms with Crippen LogP contribution in [0.25, 0.3) is 0 Å². The van der Waals surface area contributed by atoms with Crippen LogP contribution in [0.5, 0.6) is 0 Å². The number of nitrogens with zero attached hydrogens (tertiary/aromatic N) is 1. The van der Waals surface area contributed by atoms with Crippen LogP contribution in [-0.2, 0) is 20.0 Å². The molecule has 8 nitrogen and oxygen atoms in total. The molecule has 0 aromatic rings. The van der Waals surface area contributed by atoms with E-state index in [0.717, 1.165) is 9.71 Å². The van der Waals surface area contributed by atoms with Gasteiger partial charge in [-0.15, -0.1) is 5.73 Å². The van der Waals surface area contributed by atoms with Gasteiger partial charge in [-0.25, -0.2) is 21.6 Å². The van der Waals surface area contributed by atoms with Gasteiger partial charge in [0.15, 0.2) is 0 Å². The molecular weight excluding hydrogens is 294 g/mol. The summed E-state index contributed by atoms with van der Waals surface area (Å²) >= 11 is 0. The first-order valence-corrected chi connectivity index (χ1v) is 8.55. The third-order valence-electron chi connectivity index (χ3n) is 2.71. The third kappa shape index (κ3) is 4.11. The maximum absolute atomic E-state index is 11.7. The Balaban J connectivity index is 2.77. The maximum Gasteiger partial charge on any atom is 0.255 e. The minimum atomic E-state index is -4.01. The van der Waals surface area contributed by atoms with Crippen LogP contribution in [0.1, 0.15) is 12.8 Å². The zero-order chi connectivity index (χ0) is 14.7. The van der Waals surface area contributed by atoms with Gasteiger partial charge in [0.25, 0.3) is 10.0 Å². The first kappa shape index (κ1) is 16.3. The molecule has 0 aliphatic carbocycles. The van der Waals surface area contributed by atoms with Gasteiger partial charge in [-0.1, -0.05) is 6.58 Å². The molecule has 1 rings (SSSR count). The van der Waals surface area contributed by atoms with Crippen molar-refractivity contribution in [3.05, 3.63) is 17.7 Å². The molecule has 2 atom stereocenters. The molecule has 0 amide bonds. The van der Waals surface area contributed by atoms with Crippen molar-refractivity contribution in [3.8, 4) is 0 Å². The number of aliphatic hydroxyl groups is 1. The van der Waals surface area contributed by atoms with Gasteiger partial charge in [0.05, 0.1) is 5.41 Å². The molecule has 1 aliphatic heterocycles. The Morgan fingerprint density at radius 3 is 2.68 bits per heavy atom. The number of rotatable bonds is 6. The van der Waals surface area contributed by atoms with Crippen LogP contribution in [0.3, 0.4) is 0 Å². The molecule has 1 fully saturated rings. The van der Waals surface area contributed by atoms with E-state index >= 15 is 0 Å². The topological polar surface area (TPSA) is 130 Å². The summed E-state index contributed by atoms with van der Waals surface area (Å²) in [4.78, 5) is 0. The molecule has 0 bridgehead atoms. The molecule has 10 heteroatoms. The predicted molar refractivity (Wildman–Crippen MR) is 69.5 cm³/mol.